The molecule has 4 aromatic rings. The van der Waals surface area contributed by atoms with E-state index in [0.717, 1.165) is 47.0 Å². The molecular formula is C26H28N6O3. The molecule has 0 aliphatic carbocycles. The van der Waals surface area contributed by atoms with E-state index >= 15 is 0 Å². The van der Waals surface area contributed by atoms with Gasteiger partial charge in [0.05, 0.1) is 24.5 Å². The van der Waals surface area contributed by atoms with Crippen molar-refractivity contribution in [1.29, 1.82) is 0 Å². The van der Waals surface area contributed by atoms with Crippen LogP contribution in [0.15, 0.2) is 48.7 Å². The zero-order valence-electron chi connectivity index (χ0n) is 20.1. The second-order valence-electron chi connectivity index (χ2n) is 8.83. The van der Waals surface area contributed by atoms with E-state index in [1.807, 2.05) is 76.5 Å². The number of fused-ring (bicyclic) bond motifs is 1. The van der Waals surface area contributed by atoms with E-state index < -0.39 is 0 Å². The molecule has 180 valence electrons. The van der Waals surface area contributed by atoms with Gasteiger partial charge in [0.1, 0.15) is 0 Å². The number of carbonyl (C=O) groups excluding carboxylic acids is 2. The summed E-state index contributed by atoms with van der Waals surface area (Å²) in [5.41, 5.74) is 5.17. The summed E-state index contributed by atoms with van der Waals surface area (Å²) in [5, 5.41) is 13.3. The fourth-order valence-corrected chi connectivity index (χ4v) is 4.89. The van der Waals surface area contributed by atoms with Gasteiger partial charge in [-0.1, -0.05) is 6.07 Å². The Hall–Kier alpha value is -4.01. The van der Waals surface area contributed by atoms with E-state index in [4.69, 9.17) is 4.74 Å². The van der Waals surface area contributed by atoms with Crippen LogP contribution in [0.3, 0.4) is 0 Å². The lowest BCUT2D eigenvalue weighted by Crippen LogP contribution is -2.31. The Labute approximate surface area is 203 Å². The molecule has 1 atom stereocenters. The molecule has 0 N–H and O–H groups in total. The fourth-order valence-electron chi connectivity index (χ4n) is 4.89. The number of ether oxygens (including phenoxy) is 1. The molecule has 1 saturated heterocycles. The highest BCUT2D eigenvalue weighted by atomic mass is 16.5. The van der Waals surface area contributed by atoms with Gasteiger partial charge in [0.15, 0.2) is 11.5 Å². The highest BCUT2D eigenvalue weighted by Crippen LogP contribution is 2.32. The van der Waals surface area contributed by atoms with Gasteiger partial charge in [-0.3, -0.25) is 14.0 Å². The first-order chi connectivity index (χ1) is 17.0. The Morgan fingerprint density at radius 1 is 1.09 bits per heavy atom. The Kier molecular flexibility index (Phi) is 6.07. The third-order valence-corrected chi connectivity index (χ3v) is 6.76. The van der Waals surface area contributed by atoms with Crippen LogP contribution in [0.1, 0.15) is 58.4 Å². The van der Waals surface area contributed by atoms with E-state index in [2.05, 4.69) is 15.3 Å². The summed E-state index contributed by atoms with van der Waals surface area (Å²) >= 11 is 0. The largest absolute Gasteiger partial charge is 0.469 e. The minimum Gasteiger partial charge on any atom is -0.469 e. The van der Waals surface area contributed by atoms with Crippen molar-refractivity contribution in [1.82, 2.24) is 29.3 Å². The summed E-state index contributed by atoms with van der Waals surface area (Å²) in [6, 6.07) is 13.2. The maximum Gasteiger partial charge on any atom is 0.305 e. The second kappa shape index (κ2) is 9.32. The van der Waals surface area contributed by atoms with Crippen molar-refractivity contribution in [2.75, 3.05) is 13.7 Å². The molecule has 0 unspecified atom stereocenters. The van der Waals surface area contributed by atoms with Gasteiger partial charge in [-0.2, -0.15) is 5.10 Å². The average Bonchev–Trinajstić information content (AvgIpc) is 3.59. The van der Waals surface area contributed by atoms with E-state index in [9.17, 15) is 9.59 Å². The van der Waals surface area contributed by atoms with Gasteiger partial charge in [-0.25, -0.2) is 4.68 Å². The molecule has 4 heterocycles. The van der Waals surface area contributed by atoms with E-state index in [1.165, 1.54) is 7.11 Å². The number of rotatable bonds is 6. The number of esters is 1. The van der Waals surface area contributed by atoms with E-state index in [1.54, 1.807) is 0 Å². The third kappa shape index (κ3) is 4.18. The molecule has 5 rings (SSSR count). The number of hydrogen-bond donors (Lipinski definition) is 0. The predicted molar refractivity (Wildman–Crippen MR) is 129 cm³/mol. The Balaban J connectivity index is 1.36. The van der Waals surface area contributed by atoms with Crippen LogP contribution in [-0.4, -0.2) is 54.8 Å². The van der Waals surface area contributed by atoms with Crippen LogP contribution in [0.25, 0.3) is 11.3 Å². The van der Waals surface area contributed by atoms with Crippen molar-refractivity contribution in [3.8, 4) is 5.69 Å². The smallest absolute Gasteiger partial charge is 0.305 e. The first-order valence-electron chi connectivity index (χ1n) is 11.8. The summed E-state index contributed by atoms with van der Waals surface area (Å²) in [6.45, 7) is 4.62. The molecule has 1 amide bonds. The van der Waals surface area contributed by atoms with Gasteiger partial charge >= 0.3 is 5.97 Å². The molecule has 1 aromatic carbocycles. The van der Waals surface area contributed by atoms with Crippen LogP contribution < -0.4 is 0 Å². The Morgan fingerprint density at radius 2 is 1.89 bits per heavy atom. The number of hydrogen-bond acceptors (Lipinski definition) is 6. The average molecular weight is 473 g/mol. The van der Waals surface area contributed by atoms with Gasteiger partial charge < -0.3 is 9.64 Å². The maximum absolute atomic E-state index is 13.4. The van der Waals surface area contributed by atoms with Gasteiger partial charge in [-0.15, -0.1) is 10.2 Å². The number of carbonyl (C=O) groups is 2. The van der Waals surface area contributed by atoms with Gasteiger partial charge in [0, 0.05) is 30.4 Å². The molecule has 0 spiro atoms. The molecule has 0 saturated carbocycles. The molecule has 0 radical (unpaired) electrons. The van der Waals surface area contributed by atoms with Crippen LogP contribution in [0.2, 0.25) is 0 Å². The van der Waals surface area contributed by atoms with Crippen LogP contribution in [0.4, 0.5) is 0 Å². The quantitative estimate of drug-likeness (QED) is 0.398. The zero-order chi connectivity index (χ0) is 24.5. The summed E-state index contributed by atoms with van der Waals surface area (Å²) in [7, 11) is 1.40. The van der Waals surface area contributed by atoms with Crippen LogP contribution in [0, 0.1) is 13.8 Å². The van der Waals surface area contributed by atoms with Gasteiger partial charge in [-0.05, 0) is 75.1 Å². The lowest BCUT2D eigenvalue weighted by molar-refractivity contribution is -0.140. The number of likely N-dealkylation sites (tertiary alicyclic amines) is 1. The molecular weight excluding hydrogens is 444 g/mol. The number of methoxy groups -OCH3 is 1. The molecule has 1 aliphatic heterocycles. The van der Waals surface area contributed by atoms with Gasteiger partial charge in [0.25, 0.3) is 5.91 Å². The first-order valence-corrected chi connectivity index (χ1v) is 11.8. The minimum atomic E-state index is -0.237. The molecule has 9 heteroatoms. The molecule has 35 heavy (non-hydrogen) atoms. The van der Waals surface area contributed by atoms with Crippen molar-refractivity contribution >= 4 is 17.5 Å². The first kappa shape index (κ1) is 22.8. The lowest BCUT2D eigenvalue weighted by Gasteiger charge is -2.23. The van der Waals surface area contributed by atoms with E-state index in [0.29, 0.717) is 24.9 Å². The van der Waals surface area contributed by atoms with Crippen molar-refractivity contribution in [3.63, 3.8) is 0 Å². The highest BCUT2D eigenvalue weighted by molar-refractivity contribution is 5.94. The summed E-state index contributed by atoms with van der Waals surface area (Å²) < 4.78 is 8.58. The van der Waals surface area contributed by atoms with Crippen molar-refractivity contribution in [2.24, 2.45) is 0 Å². The number of nitrogens with zero attached hydrogens (tertiary/aromatic N) is 6. The van der Waals surface area contributed by atoms with Crippen molar-refractivity contribution in [2.45, 2.75) is 45.6 Å². The van der Waals surface area contributed by atoms with Crippen LogP contribution >= 0.6 is 0 Å². The number of benzene rings is 1. The number of aryl methyl sites for hydroxylation is 1. The standard InChI is InChI=1S/C26H28N6O3/c1-17-21(13-14-24(33)35-3)18(2)32(29-17)20-11-9-19(10-12-20)26(34)30-16-6-7-22(30)25-28-27-23-8-4-5-15-31(23)25/h4-5,8-12,15,22H,6-7,13-14,16H2,1-3H3/t22-/m0/s1. The van der Waals surface area contributed by atoms with Gasteiger partial charge in [0.2, 0.25) is 0 Å². The second-order valence-corrected chi connectivity index (χ2v) is 8.83. The predicted octanol–water partition coefficient (Wildman–Crippen LogP) is 3.61. The Morgan fingerprint density at radius 3 is 2.66 bits per heavy atom. The summed E-state index contributed by atoms with van der Waals surface area (Å²) in [5.74, 6) is 0.544. The molecule has 0 bridgehead atoms. The van der Waals surface area contributed by atoms with Crippen molar-refractivity contribution < 1.29 is 14.3 Å². The highest BCUT2D eigenvalue weighted by Gasteiger charge is 2.33. The van der Waals surface area contributed by atoms with Crippen LogP contribution in [0.5, 0.6) is 0 Å². The lowest BCUT2D eigenvalue weighted by atomic mass is 10.1. The van der Waals surface area contributed by atoms with E-state index in [-0.39, 0.29) is 17.9 Å². The fraction of sp³-hybridized carbons (Fsp3) is 0.346. The van der Waals surface area contributed by atoms with Crippen molar-refractivity contribution in [3.05, 3.63) is 77.0 Å². The van der Waals surface area contributed by atoms with Crippen LogP contribution in [-0.2, 0) is 16.0 Å². The normalized spacial score (nSPS) is 15.6. The molecule has 3 aromatic heterocycles. The number of amides is 1. The summed E-state index contributed by atoms with van der Waals surface area (Å²) in [6.07, 6.45) is 4.62. The third-order valence-electron chi connectivity index (χ3n) is 6.76. The topological polar surface area (TPSA) is 94.6 Å². The zero-order valence-corrected chi connectivity index (χ0v) is 20.1. The number of aromatic nitrogens is 5. The number of pyridine rings is 1. The molecule has 1 fully saturated rings. The molecule has 1 aliphatic rings. The maximum atomic E-state index is 13.4. The molecule has 9 nitrogen and oxygen atoms in total. The summed E-state index contributed by atoms with van der Waals surface area (Å²) in [4.78, 5) is 26.9. The SMILES string of the molecule is COC(=O)CCc1c(C)nn(-c2ccc(C(=O)N3CCC[C@H]3c3nnc4ccccn34)cc2)c1C. The monoisotopic (exact) mass is 472 g/mol. The Bertz CT molecular complexity index is 1390. The minimum absolute atomic E-state index is 0.0149.